The lowest BCUT2D eigenvalue weighted by atomic mass is 9.77. The van der Waals surface area contributed by atoms with Gasteiger partial charge in [0.25, 0.3) is 10.0 Å². The first-order chi connectivity index (χ1) is 11.4. The third-order valence-corrected chi connectivity index (χ3v) is 8.90. The molecule has 2 aliphatic rings. The molecule has 0 bridgehead atoms. The second-order valence-electron chi connectivity index (χ2n) is 6.72. The van der Waals surface area contributed by atoms with Crippen LogP contribution in [-0.4, -0.2) is 36.9 Å². The zero-order chi connectivity index (χ0) is 17.3. The molecule has 3 rings (SSSR count). The maximum Gasteiger partial charge on any atom is 0.338 e. The van der Waals surface area contributed by atoms with Crippen LogP contribution in [0.1, 0.15) is 55.3 Å². The van der Waals surface area contributed by atoms with Crippen LogP contribution in [0.3, 0.4) is 0 Å². The molecule has 0 amide bonds. The van der Waals surface area contributed by atoms with E-state index in [1.54, 1.807) is 0 Å². The molecule has 0 spiro atoms. The number of nitrogens with zero attached hydrogens (tertiary/aromatic N) is 1. The first kappa shape index (κ1) is 18.2. The molecule has 0 radical (unpaired) electrons. The number of halogens is 1. The molecule has 134 valence electrons. The quantitative estimate of drug-likeness (QED) is 0.839. The van der Waals surface area contributed by atoms with Crippen molar-refractivity contribution in [2.75, 3.05) is 13.1 Å². The van der Waals surface area contributed by atoms with Crippen LogP contribution in [0.15, 0.2) is 10.3 Å². The van der Waals surface area contributed by atoms with Crippen LogP contribution in [-0.2, 0) is 10.0 Å². The van der Waals surface area contributed by atoms with Crippen molar-refractivity contribution in [3.05, 3.63) is 16.0 Å². The summed E-state index contributed by atoms with van der Waals surface area (Å²) in [5.74, 6) is -0.155. The number of hydrogen-bond acceptors (Lipinski definition) is 4. The second-order valence-corrected chi connectivity index (χ2v) is 10.5. The standard InChI is InChI=1S/C16H22ClNO4S2/c17-15-13(16(19)20)9-14(23-15)24(21,22)18-8-4-7-12(10-18)11-5-2-1-3-6-11/h9,11-12H,1-8,10H2,(H,19,20). The highest BCUT2D eigenvalue weighted by Gasteiger charge is 2.35. The van der Waals surface area contributed by atoms with Crippen LogP contribution in [0.25, 0.3) is 0 Å². The minimum absolute atomic E-state index is 0.0157. The summed E-state index contributed by atoms with van der Waals surface area (Å²) in [5.41, 5.74) is -0.138. The van der Waals surface area contributed by atoms with Gasteiger partial charge in [0.05, 0.1) is 5.56 Å². The van der Waals surface area contributed by atoms with E-state index < -0.39 is 16.0 Å². The summed E-state index contributed by atoms with van der Waals surface area (Å²) < 4.78 is 27.4. The van der Waals surface area contributed by atoms with Crippen molar-refractivity contribution in [3.8, 4) is 0 Å². The van der Waals surface area contributed by atoms with E-state index in [-0.39, 0.29) is 14.1 Å². The molecule has 0 aromatic carbocycles. The molecule has 1 aliphatic carbocycles. The normalized spacial score (nSPS) is 24.1. The van der Waals surface area contributed by atoms with Gasteiger partial charge in [0.1, 0.15) is 8.55 Å². The van der Waals surface area contributed by atoms with Crippen molar-refractivity contribution < 1.29 is 18.3 Å². The zero-order valence-electron chi connectivity index (χ0n) is 13.4. The van der Waals surface area contributed by atoms with E-state index in [1.165, 1.54) is 42.5 Å². The van der Waals surface area contributed by atoms with E-state index in [0.29, 0.717) is 24.9 Å². The van der Waals surface area contributed by atoms with Crippen molar-refractivity contribution in [1.29, 1.82) is 0 Å². The number of hydrogen-bond donors (Lipinski definition) is 1. The van der Waals surface area contributed by atoms with Crippen molar-refractivity contribution >= 4 is 38.9 Å². The molecular weight excluding hydrogens is 370 g/mol. The van der Waals surface area contributed by atoms with E-state index in [0.717, 1.165) is 24.2 Å². The van der Waals surface area contributed by atoms with Crippen molar-refractivity contribution in [3.63, 3.8) is 0 Å². The number of sulfonamides is 1. The Labute approximate surface area is 151 Å². The Morgan fingerprint density at radius 1 is 1.17 bits per heavy atom. The number of rotatable bonds is 4. The fourth-order valence-electron chi connectivity index (χ4n) is 3.93. The fourth-order valence-corrected chi connectivity index (χ4v) is 7.33. The largest absolute Gasteiger partial charge is 0.478 e. The molecule has 1 unspecified atom stereocenters. The van der Waals surface area contributed by atoms with Gasteiger partial charge in [0.15, 0.2) is 0 Å². The Morgan fingerprint density at radius 2 is 1.83 bits per heavy atom. The summed E-state index contributed by atoms with van der Waals surface area (Å²) in [6, 6.07) is 1.19. The Hall–Kier alpha value is -0.630. The van der Waals surface area contributed by atoms with E-state index in [2.05, 4.69) is 0 Å². The molecule has 1 aromatic rings. The number of carboxylic acids is 1. The lowest BCUT2D eigenvalue weighted by molar-refractivity contribution is 0.0697. The SMILES string of the molecule is O=C(O)c1cc(S(=O)(=O)N2CCCC(C3CCCCC3)C2)sc1Cl. The average Bonchev–Trinajstić information content (AvgIpc) is 2.99. The number of carbonyl (C=O) groups is 1. The monoisotopic (exact) mass is 391 g/mol. The van der Waals surface area contributed by atoms with Crippen LogP contribution in [0, 0.1) is 11.8 Å². The number of aromatic carboxylic acids is 1. The smallest absolute Gasteiger partial charge is 0.338 e. The predicted molar refractivity (Wildman–Crippen MR) is 94.3 cm³/mol. The Balaban J connectivity index is 1.78. The van der Waals surface area contributed by atoms with E-state index in [4.69, 9.17) is 16.7 Å². The minimum Gasteiger partial charge on any atom is -0.478 e. The predicted octanol–water partition coefficient (Wildman–Crippen LogP) is 4.08. The molecular formula is C16H22ClNO4S2. The van der Waals surface area contributed by atoms with Gasteiger partial charge in [0, 0.05) is 13.1 Å². The van der Waals surface area contributed by atoms with Crippen LogP contribution >= 0.6 is 22.9 Å². The first-order valence-electron chi connectivity index (χ1n) is 8.42. The third-order valence-electron chi connectivity index (χ3n) is 5.23. The van der Waals surface area contributed by atoms with E-state index in [9.17, 15) is 13.2 Å². The second kappa shape index (κ2) is 7.32. The van der Waals surface area contributed by atoms with Gasteiger partial charge in [-0.15, -0.1) is 11.3 Å². The van der Waals surface area contributed by atoms with Gasteiger partial charge < -0.3 is 5.11 Å². The van der Waals surface area contributed by atoms with Gasteiger partial charge in [0.2, 0.25) is 0 Å². The number of carboxylic acid groups (broad SMARTS) is 1. The summed E-state index contributed by atoms with van der Waals surface area (Å²) in [5, 5.41) is 9.08. The van der Waals surface area contributed by atoms with Gasteiger partial charge in [-0.05, 0) is 30.7 Å². The molecule has 2 heterocycles. The third kappa shape index (κ3) is 3.64. The lowest BCUT2D eigenvalue weighted by Gasteiger charge is -2.37. The van der Waals surface area contributed by atoms with Gasteiger partial charge in [-0.3, -0.25) is 0 Å². The summed E-state index contributed by atoms with van der Waals surface area (Å²) >= 11 is 6.73. The highest BCUT2D eigenvalue weighted by molar-refractivity contribution is 7.91. The number of piperidine rings is 1. The molecule has 1 aliphatic heterocycles. The molecule has 1 atom stereocenters. The lowest BCUT2D eigenvalue weighted by Crippen LogP contribution is -2.42. The Bertz CT molecular complexity index is 710. The van der Waals surface area contributed by atoms with Crippen molar-refractivity contribution in [1.82, 2.24) is 4.31 Å². The molecule has 8 heteroatoms. The van der Waals surface area contributed by atoms with Crippen LogP contribution in [0.5, 0.6) is 0 Å². The maximum absolute atomic E-state index is 12.9. The average molecular weight is 392 g/mol. The highest BCUT2D eigenvalue weighted by atomic mass is 35.5. The topological polar surface area (TPSA) is 74.7 Å². The zero-order valence-corrected chi connectivity index (χ0v) is 15.8. The Morgan fingerprint density at radius 3 is 2.46 bits per heavy atom. The van der Waals surface area contributed by atoms with Crippen molar-refractivity contribution in [2.45, 2.75) is 49.2 Å². The minimum atomic E-state index is -3.66. The molecule has 1 N–H and O–H groups in total. The Kier molecular flexibility index (Phi) is 5.54. The molecule has 5 nitrogen and oxygen atoms in total. The number of thiophene rings is 1. The molecule has 1 saturated heterocycles. The van der Waals surface area contributed by atoms with Crippen LogP contribution < -0.4 is 0 Å². The summed E-state index contributed by atoms with van der Waals surface area (Å²) in [4.78, 5) is 11.1. The molecule has 24 heavy (non-hydrogen) atoms. The van der Waals surface area contributed by atoms with Gasteiger partial charge in [-0.1, -0.05) is 43.7 Å². The van der Waals surface area contributed by atoms with Gasteiger partial charge in [-0.25, -0.2) is 13.2 Å². The fraction of sp³-hybridized carbons (Fsp3) is 0.688. The van der Waals surface area contributed by atoms with E-state index >= 15 is 0 Å². The molecule has 1 saturated carbocycles. The van der Waals surface area contributed by atoms with Gasteiger partial charge in [-0.2, -0.15) is 4.31 Å². The summed E-state index contributed by atoms with van der Waals surface area (Å²) in [6.45, 7) is 1.05. The highest BCUT2D eigenvalue weighted by Crippen LogP contribution is 2.38. The summed E-state index contributed by atoms with van der Waals surface area (Å²) in [7, 11) is -3.66. The van der Waals surface area contributed by atoms with Crippen molar-refractivity contribution in [2.24, 2.45) is 11.8 Å². The van der Waals surface area contributed by atoms with E-state index in [1.807, 2.05) is 0 Å². The van der Waals surface area contributed by atoms with Gasteiger partial charge >= 0.3 is 5.97 Å². The molecule has 2 fully saturated rings. The van der Waals surface area contributed by atoms with Crippen LogP contribution in [0.4, 0.5) is 0 Å². The maximum atomic E-state index is 12.9. The summed E-state index contributed by atoms with van der Waals surface area (Å²) in [6.07, 6.45) is 8.14. The van der Waals surface area contributed by atoms with Crippen LogP contribution in [0.2, 0.25) is 4.34 Å². The molecule has 1 aromatic heterocycles. The first-order valence-corrected chi connectivity index (χ1v) is 11.1.